The summed E-state index contributed by atoms with van der Waals surface area (Å²) in [5, 5.41) is 0.847. The lowest BCUT2D eigenvalue weighted by atomic mass is 10.1. The van der Waals surface area contributed by atoms with Crippen molar-refractivity contribution in [2.24, 2.45) is 5.73 Å². The van der Waals surface area contributed by atoms with Crippen LogP contribution in [0.15, 0.2) is 30.5 Å². The third kappa shape index (κ3) is 3.03. The molecule has 0 saturated heterocycles. The van der Waals surface area contributed by atoms with Crippen LogP contribution in [0.25, 0.3) is 10.9 Å². The first-order valence-electron chi connectivity index (χ1n) is 6.12. The highest BCUT2D eigenvalue weighted by atomic mass is 19.1. The Morgan fingerprint density at radius 1 is 1.39 bits per heavy atom. The van der Waals surface area contributed by atoms with Gasteiger partial charge in [0.15, 0.2) is 0 Å². The lowest BCUT2D eigenvalue weighted by Gasteiger charge is -2.17. The van der Waals surface area contributed by atoms with Crippen LogP contribution in [0.3, 0.4) is 0 Å². The van der Waals surface area contributed by atoms with Crippen LogP contribution in [0.2, 0.25) is 0 Å². The summed E-state index contributed by atoms with van der Waals surface area (Å²) in [5.41, 5.74) is 7.28. The van der Waals surface area contributed by atoms with Crippen molar-refractivity contribution in [3.63, 3.8) is 0 Å². The number of nitrogens with zero attached hydrogens (tertiary/aromatic N) is 2. The second kappa shape index (κ2) is 5.89. The van der Waals surface area contributed by atoms with Crippen LogP contribution in [0.1, 0.15) is 12.0 Å². The predicted molar refractivity (Wildman–Crippen MR) is 71.7 cm³/mol. The third-order valence-corrected chi connectivity index (χ3v) is 2.93. The topological polar surface area (TPSA) is 42.1 Å². The molecule has 0 aliphatic rings. The maximum atomic E-state index is 13.5. The molecular weight excluding hydrogens is 229 g/mol. The van der Waals surface area contributed by atoms with Crippen LogP contribution in [0, 0.1) is 5.82 Å². The Morgan fingerprint density at radius 3 is 3.00 bits per heavy atom. The van der Waals surface area contributed by atoms with E-state index in [2.05, 4.69) is 9.88 Å². The lowest BCUT2D eigenvalue weighted by Crippen LogP contribution is -2.21. The Balaban J connectivity index is 2.26. The molecule has 18 heavy (non-hydrogen) atoms. The molecule has 4 heteroatoms. The van der Waals surface area contributed by atoms with Crippen molar-refractivity contribution in [3.8, 4) is 0 Å². The fraction of sp³-hybridized carbons (Fsp3) is 0.357. The minimum Gasteiger partial charge on any atom is -0.330 e. The van der Waals surface area contributed by atoms with Crippen LogP contribution < -0.4 is 5.73 Å². The molecule has 1 aromatic heterocycles. The predicted octanol–water partition coefficient (Wildman–Crippen LogP) is 2.15. The lowest BCUT2D eigenvalue weighted by molar-refractivity contribution is 0.324. The Hall–Kier alpha value is -1.52. The van der Waals surface area contributed by atoms with Crippen molar-refractivity contribution in [3.05, 3.63) is 41.8 Å². The Kier molecular flexibility index (Phi) is 4.23. The summed E-state index contributed by atoms with van der Waals surface area (Å²) in [6.07, 6.45) is 2.68. The van der Waals surface area contributed by atoms with Crippen molar-refractivity contribution in [1.82, 2.24) is 9.88 Å². The molecule has 3 nitrogen and oxygen atoms in total. The van der Waals surface area contributed by atoms with E-state index in [9.17, 15) is 4.39 Å². The average Bonchev–Trinajstić information content (AvgIpc) is 2.36. The summed E-state index contributed by atoms with van der Waals surface area (Å²) in [5.74, 6) is -0.210. The molecule has 0 spiro atoms. The minimum absolute atomic E-state index is 0.210. The molecule has 2 N–H and O–H groups in total. The summed E-state index contributed by atoms with van der Waals surface area (Å²) in [6.45, 7) is 2.26. The van der Waals surface area contributed by atoms with Crippen molar-refractivity contribution < 1.29 is 4.39 Å². The SMILES string of the molecule is CN(CCCN)Cc1cc(F)cc2cccnc12. The van der Waals surface area contributed by atoms with Gasteiger partial charge in [-0.1, -0.05) is 6.07 Å². The second-order valence-electron chi connectivity index (χ2n) is 4.52. The number of hydrogen-bond acceptors (Lipinski definition) is 3. The first-order chi connectivity index (χ1) is 8.70. The molecule has 0 unspecified atom stereocenters. The molecular formula is C14H18FN3. The molecule has 0 radical (unpaired) electrons. The highest BCUT2D eigenvalue weighted by molar-refractivity contribution is 5.81. The van der Waals surface area contributed by atoms with Gasteiger partial charge in [-0.25, -0.2) is 4.39 Å². The van der Waals surface area contributed by atoms with Crippen molar-refractivity contribution in [1.29, 1.82) is 0 Å². The number of aromatic nitrogens is 1. The normalized spacial score (nSPS) is 11.3. The summed E-state index contributed by atoms with van der Waals surface area (Å²) in [7, 11) is 2.01. The summed E-state index contributed by atoms with van der Waals surface area (Å²) in [4.78, 5) is 6.47. The average molecular weight is 247 g/mol. The van der Waals surface area contributed by atoms with E-state index >= 15 is 0 Å². The van der Waals surface area contributed by atoms with Gasteiger partial charge in [0.05, 0.1) is 5.52 Å². The van der Waals surface area contributed by atoms with Gasteiger partial charge in [0, 0.05) is 18.1 Å². The van der Waals surface area contributed by atoms with Gasteiger partial charge in [-0.2, -0.15) is 0 Å². The minimum atomic E-state index is -0.210. The number of rotatable bonds is 5. The zero-order valence-corrected chi connectivity index (χ0v) is 10.6. The van der Waals surface area contributed by atoms with Crippen molar-refractivity contribution in [2.75, 3.05) is 20.1 Å². The Labute approximate surface area is 106 Å². The van der Waals surface area contributed by atoms with Crippen molar-refractivity contribution >= 4 is 10.9 Å². The number of hydrogen-bond donors (Lipinski definition) is 1. The van der Waals surface area contributed by atoms with Gasteiger partial charge in [-0.3, -0.25) is 4.98 Å². The molecule has 0 aliphatic heterocycles. The summed E-state index contributed by atoms with van der Waals surface area (Å²) < 4.78 is 13.5. The van der Waals surface area contributed by atoms with Gasteiger partial charge in [-0.15, -0.1) is 0 Å². The number of fused-ring (bicyclic) bond motifs is 1. The van der Waals surface area contributed by atoms with E-state index in [1.165, 1.54) is 6.07 Å². The van der Waals surface area contributed by atoms with Crippen LogP contribution >= 0.6 is 0 Å². The first-order valence-corrected chi connectivity index (χ1v) is 6.12. The van der Waals surface area contributed by atoms with E-state index < -0.39 is 0 Å². The zero-order valence-electron chi connectivity index (χ0n) is 10.6. The molecule has 0 aliphatic carbocycles. The van der Waals surface area contributed by atoms with Crippen LogP contribution in [-0.4, -0.2) is 30.0 Å². The van der Waals surface area contributed by atoms with Gasteiger partial charge >= 0.3 is 0 Å². The van der Waals surface area contributed by atoms with E-state index in [0.29, 0.717) is 13.1 Å². The van der Waals surface area contributed by atoms with E-state index in [4.69, 9.17) is 5.73 Å². The van der Waals surface area contributed by atoms with Gasteiger partial charge in [-0.05, 0) is 50.3 Å². The maximum absolute atomic E-state index is 13.5. The standard InChI is InChI=1S/C14H18FN3/c1-18(7-3-5-16)10-12-9-13(15)8-11-4-2-6-17-14(11)12/h2,4,6,8-9H,3,5,7,10,16H2,1H3. The molecule has 2 aromatic rings. The summed E-state index contributed by atoms with van der Waals surface area (Å²) >= 11 is 0. The van der Waals surface area contributed by atoms with Gasteiger partial charge in [0.2, 0.25) is 0 Å². The highest BCUT2D eigenvalue weighted by Gasteiger charge is 2.07. The van der Waals surface area contributed by atoms with E-state index in [0.717, 1.165) is 29.4 Å². The highest BCUT2D eigenvalue weighted by Crippen LogP contribution is 2.19. The van der Waals surface area contributed by atoms with Gasteiger partial charge < -0.3 is 10.6 Å². The molecule has 0 amide bonds. The largest absolute Gasteiger partial charge is 0.330 e. The summed E-state index contributed by atoms with van der Waals surface area (Å²) in [6, 6.07) is 6.79. The number of pyridine rings is 1. The molecule has 0 saturated carbocycles. The van der Waals surface area contributed by atoms with Gasteiger partial charge in [0.1, 0.15) is 5.82 Å². The van der Waals surface area contributed by atoms with Crippen LogP contribution in [-0.2, 0) is 6.54 Å². The second-order valence-corrected chi connectivity index (χ2v) is 4.52. The van der Waals surface area contributed by atoms with E-state index in [1.54, 1.807) is 12.3 Å². The van der Waals surface area contributed by atoms with E-state index in [-0.39, 0.29) is 5.82 Å². The van der Waals surface area contributed by atoms with Gasteiger partial charge in [0.25, 0.3) is 0 Å². The smallest absolute Gasteiger partial charge is 0.124 e. The number of benzene rings is 1. The molecule has 0 fully saturated rings. The van der Waals surface area contributed by atoms with E-state index in [1.807, 2.05) is 19.2 Å². The first kappa shape index (κ1) is 12.9. The quantitative estimate of drug-likeness (QED) is 0.880. The molecule has 0 bridgehead atoms. The zero-order chi connectivity index (χ0) is 13.0. The van der Waals surface area contributed by atoms with Crippen molar-refractivity contribution in [2.45, 2.75) is 13.0 Å². The number of halogens is 1. The monoisotopic (exact) mass is 247 g/mol. The third-order valence-electron chi connectivity index (χ3n) is 2.93. The number of nitrogens with two attached hydrogens (primary N) is 1. The van der Waals surface area contributed by atoms with Crippen LogP contribution in [0.4, 0.5) is 4.39 Å². The Bertz CT molecular complexity index is 527. The molecule has 0 atom stereocenters. The molecule has 96 valence electrons. The molecule has 1 aromatic carbocycles. The maximum Gasteiger partial charge on any atom is 0.124 e. The fourth-order valence-corrected chi connectivity index (χ4v) is 2.08. The Morgan fingerprint density at radius 2 is 2.22 bits per heavy atom. The molecule has 2 rings (SSSR count). The fourth-order valence-electron chi connectivity index (χ4n) is 2.08. The molecule has 1 heterocycles. The van der Waals surface area contributed by atoms with Crippen LogP contribution in [0.5, 0.6) is 0 Å².